The van der Waals surface area contributed by atoms with Crippen LogP contribution < -0.4 is 5.73 Å². The minimum atomic E-state index is 0.533. The smallest absolute Gasteiger partial charge is 0.133 e. The molecule has 90 valence electrons. The first-order valence-electron chi connectivity index (χ1n) is 6.01. The van der Waals surface area contributed by atoms with Crippen molar-refractivity contribution in [3.05, 3.63) is 35.9 Å². The Morgan fingerprint density at radius 2 is 2.12 bits per heavy atom. The van der Waals surface area contributed by atoms with Crippen LogP contribution in [0.4, 0.5) is 5.69 Å². The largest absolute Gasteiger partial charge is 0.398 e. The van der Waals surface area contributed by atoms with Crippen molar-refractivity contribution in [1.82, 2.24) is 4.90 Å². The molecule has 1 aliphatic rings. The number of rotatable bonds is 3. The van der Waals surface area contributed by atoms with Crippen molar-refractivity contribution in [2.45, 2.75) is 12.8 Å². The minimum absolute atomic E-state index is 0.533. The standard InChI is InChI=1S/C14H18N2O/c15-14-6-2-1-5-13(14)12-4-3-8-16(9-7-12)10-11-17/h1-2,4-6,11H,3,7-10,15H2. The Labute approximate surface area is 102 Å². The van der Waals surface area contributed by atoms with Crippen molar-refractivity contribution >= 4 is 17.5 Å². The van der Waals surface area contributed by atoms with Gasteiger partial charge in [0.05, 0.1) is 6.54 Å². The second-order valence-electron chi connectivity index (χ2n) is 4.32. The molecular weight excluding hydrogens is 212 g/mol. The number of para-hydroxylation sites is 1. The zero-order chi connectivity index (χ0) is 12.1. The average molecular weight is 230 g/mol. The predicted octanol–water partition coefficient (Wildman–Crippen LogP) is 1.95. The van der Waals surface area contributed by atoms with Crippen LogP contribution in [0, 0.1) is 0 Å². The predicted molar refractivity (Wildman–Crippen MR) is 70.6 cm³/mol. The normalized spacial score (nSPS) is 17.3. The van der Waals surface area contributed by atoms with Gasteiger partial charge in [-0.3, -0.25) is 4.90 Å². The van der Waals surface area contributed by atoms with Gasteiger partial charge in [0.2, 0.25) is 0 Å². The van der Waals surface area contributed by atoms with E-state index in [4.69, 9.17) is 5.73 Å². The van der Waals surface area contributed by atoms with Gasteiger partial charge in [-0.25, -0.2) is 0 Å². The summed E-state index contributed by atoms with van der Waals surface area (Å²) in [6.07, 6.45) is 5.16. The van der Waals surface area contributed by atoms with E-state index in [1.165, 1.54) is 5.57 Å². The number of anilines is 1. The fraction of sp³-hybridized carbons (Fsp3) is 0.357. The van der Waals surface area contributed by atoms with E-state index in [1.807, 2.05) is 18.2 Å². The van der Waals surface area contributed by atoms with Crippen molar-refractivity contribution < 1.29 is 4.79 Å². The lowest BCUT2D eigenvalue weighted by atomic mass is 10.0. The van der Waals surface area contributed by atoms with Crippen molar-refractivity contribution in [3.8, 4) is 0 Å². The number of nitrogen functional groups attached to an aromatic ring is 1. The first-order valence-corrected chi connectivity index (χ1v) is 6.01. The number of aldehydes is 1. The van der Waals surface area contributed by atoms with Crippen LogP contribution in [-0.2, 0) is 4.79 Å². The summed E-state index contributed by atoms with van der Waals surface area (Å²) < 4.78 is 0. The molecule has 3 heteroatoms. The fourth-order valence-corrected chi connectivity index (χ4v) is 2.24. The van der Waals surface area contributed by atoms with Crippen LogP contribution in [-0.4, -0.2) is 30.8 Å². The Bertz CT molecular complexity index is 426. The summed E-state index contributed by atoms with van der Waals surface area (Å²) >= 11 is 0. The van der Waals surface area contributed by atoms with Crippen LogP contribution in [0.15, 0.2) is 30.3 Å². The van der Waals surface area contributed by atoms with Gasteiger partial charge in [0.1, 0.15) is 6.29 Å². The van der Waals surface area contributed by atoms with E-state index in [0.717, 1.165) is 43.5 Å². The highest BCUT2D eigenvalue weighted by Gasteiger charge is 2.12. The van der Waals surface area contributed by atoms with Crippen LogP contribution in [0.2, 0.25) is 0 Å². The monoisotopic (exact) mass is 230 g/mol. The van der Waals surface area contributed by atoms with E-state index in [9.17, 15) is 4.79 Å². The van der Waals surface area contributed by atoms with Gasteiger partial charge < -0.3 is 10.5 Å². The lowest BCUT2D eigenvalue weighted by Gasteiger charge is -2.16. The van der Waals surface area contributed by atoms with Gasteiger partial charge in [0.25, 0.3) is 0 Å². The molecule has 0 saturated heterocycles. The highest BCUT2D eigenvalue weighted by Crippen LogP contribution is 2.26. The quantitative estimate of drug-likeness (QED) is 0.637. The number of carbonyl (C=O) groups is 1. The lowest BCUT2D eigenvalue weighted by Crippen LogP contribution is -2.26. The topological polar surface area (TPSA) is 46.3 Å². The summed E-state index contributed by atoms with van der Waals surface area (Å²) in [6, 6.07) is 7.97. The molecule has 1 aliphatic heterocycles. The van der Waals surface area contributed by atoms with Gasteiger partial charge in [-0.05, 0) is 24.5 Å². The number of hydrogen-bond donors (Lipinski definition) is 1. The fourth-order valence-electron chi connectivity index (χ4n) is 2.24. The Morgan fingerprint density at radius 1 is 1.29 bits per heavy atom. The lowest BCUT2D eigenvalue weighted by molar-refractivity contribution is -0.108. The number of hydrogen-bond acceptors (Lipinski definition) is 3. The van der Waals surface area contributed by atoms with E-state index >= 15 is 0 Å². The molecule has 1 heterocycles. The van der Waals surface area contributed by atoms with Crippen LogP contribution in [0.3, 0.4) is 0 Å². The summed E-state index contributed by atoms with van der Waals surface area (Å²) in [6.45, 7) is 2.42. The maximum atomic E-state index is 10.5. The first kappa shape index (κ1) is 11.9. The van der Waals surface area contributed by atoms with Crippen LogP contribution >= 0.6 is 0 Å². The molecule has 0 amide bonds. The van der Waals surface area contributed by atoms with Gasteiger partial charge in [0, 0.05) is 24.3 Å². The molecule has 1 aromatic carbocycles. The zero-order valence-electron chi connectivity index (χ0n) is 9.93. The average Bonchev–Trinajstić information content (AvgIpc) is 2.56. The third-order valence-electron chi connectivity index (χ3n) is 3.17. The van der Waals surface area contributed by atoms with Gasteiger partial charge in [-0.1, -0.05) is 24.3 Å². The highest BCUT2D eigenvalue weighted by molar-refractivity contribution is 5.75. The van der Waals surface area contributed by atoms with Gasteiger partial charge in [-0.15, -0.1) is 0 Å². The Balaban J connectivity index is 2.11. The summed E-state index contributed by atoms with van der Waals surface area (Å²) in [5, 5.41) is 0. The molecule has 3 nitrogen and oxygen atoms in total. The van der Waals surface area contributed by atoms with E-state index in [1.54, 1.807) is 0 Å². The Kier molecular flexibility index (Phi) is 3.94. The molecule has 17 heavy (non-hydrogen) atoms. The van der Waals surface area contributed by atoms with E-state index < -0.39 is 0 Å². The molecule has 0 fully saturated rings. The van der Waals surface area contributed by atoms with E-state index in [0.29, 0.717) is 6.54 Å². The molecule has 2 N–H and O–H groups in total. The van der Waals surface area contributed by atoms with Gasteiger partial charge in [0.15, 0.2) is 0 Å². The Hall–Kier alpha value is -1.61. The summed E-state index contributed by atoms with van der Waals surface area (Å²) in [4.78, 5) is 12.7. The molecule has 0 unspecified atom stereocenters. The number of carbonyl (C=O) groups excluding carboxylic acids is 1. The molecule has 0 saturated carbocycles. The number of nitrogens with two attached hydrogens (primary N) is 1. The Morgan fingerprint density at radius 3 is 2.88 bits per heavy atom. The van der Waals surface area contributed by atoms with Gasteiger partial charge >= 0.3 is 0 Å². The number of nitrogens with zero attached hydrogens (tertiary/aromatic N) is 1. The minimum Gasteiger partial charge on any atom is -0.398 e. The van der Waals surface area contributed by atoms with E-state index in [2.05, 4.69) is 17.0 Å². The molecule has 0 aliphatic carbocycles. The molecule has 0 spiro atoms. The maximum absolute atomic E-state index is 10.5. The van der Waals surface area contributed by atoms with E-state index in [-0.39, 0.29) is 0 Å². The molecule has 0 atom stereocenters. The molecular formula is C14H18N2O. The third kappa shape index (κ3) is 2.94. The second-order valence-corrected chi connectivity index (χ2v) is 4.32. The molecule has 0 aromatic heterocycles. The second kappa shape index (κ2) is 5.64. The number of benzene rings is 1. The summed E-state index contributed by atoms with van der Waals surface area (Å²) in [5.41, 5.74) is 9.26. The third-order valence-corrected chi connectivity index (χ3v) is 3.17. The molecule has 1 aromatic rings. The van der Waals surface area contributed by atoms with Crippen molar-refractivity contribution in [1.29, 1.82) is 0 Å². The summed E-state index contributed by atoms with van der Waals surface area (Å²) in [7, 11) is 0. The SMILES string of the molecule is Nc1ccccc1C1=CCCN(CC=O)CC1. The van der Waals surface area contributed by atoms with Crippen LogP contribution in [0.5, 0.6) is 0 Å². The van der Waals surface area contributed by atoms with Crippen LogP contribution in [0.25, 0.3) is 5.57 Å². The van der Waals surface area contributed by atoms with Crippen molar-refractivity contribution in [2.24, 2.45) is 0 Å². The van der Waals surface area contributed by atoms with Gasteiger partial charge in [-0.2, -0.15) is 0 Å². The molecule has 0 bridgehead atoms. The molecule has 2 rings (SSSR count). The zero-order valence-corrected chi connectivity index (χ0v) is 9.93. The van der Waals surface area contributed by atoms with Crippen molar-refractivity contribution in [3.63, 3.8) is 0 Å². The highest BCUT2D eigenvalue weighted by atomic mass is 16.1. The summed E-state index contributed by atoms with van der Waals surface area (Å²) in [5.74, 6) is 0. The maximum Gasteiger partial charge on any atom is 0.133 e. The van der Waals surface area contributed by atoms with Crippen LogP contribution in [0.1, 0.15) is 18.4 Å². The molecule has 0 radical (unpaired) electrons. The first-order chi connectivity index (χ1) is 8.31. The van der Waals surface area contributed by atoms with Crippen molar-refractivity contribution in [2.75, 3.05) is 25.4 Å².